The zero-order valence-electron chi connectivity index (χ0n) is 10.7. The Kier molecular flexibility index (Phi) is 6.09. The Balaban J connectivity index is 2.70. The minimum atomic E-state index is -0.166. The summed E-state index contributed by atoms with van der Waals surface area (Å²) in [4.78, 5) is 14.0. The van der Waals surface area contributed by atoms with Crippen LogP contribution in [0.3, 0.4) is 0 Å². The number of nitrogens with zero attached hydrogens (tertiary/aromatic N) is 1. The van der Waals surface area contributed by atoms with Gasteiger partial charge >= 0.3 is 6.03 Å². The lowest BCUT2D eigenvalue weighted by Crippen LogP contribution is -2.27. The number of carbonyl (C=O) groups excluding carboxylic acids is 1. The monoisotopic (exact) mass is 284 g/mol. The van der Waals surface area contributed by atoms with Gasteiger partial charge in [-0.15, -0.1) is 11.8 Å². The molecule has 0 atom stereocenters. The molecule has 0 unspecified atom stereocenters. The number of halogens is 1. The molecule has 0 aliphatic carbocycles. The Labute approximate surface area is 117 Å². The molecule has 0 aromatic heterocycles. The average molecular weight is 285 g/mol. The zero-order chi connectivity index (χ0) is 13.5. The maximum atomic E-state index is 11.5. The summed E-state index contributed by atoms with van der Waals surface area (Å²) in [6, 6.07) is 5.37. The molecule has 2 amide bonds. The van der Waals surface area contributed by atoms with Crippen molar-refractivity contribution in [1.82, 2.24) is 4.90 Å². The van der Waals surface area contributed by atoms with Gasteiger partial charge in [-0.3, -0.25) is 0 Å². The fraction of sp³-hybridized carbons (Fsp3) is 0.308. The van der Waals surface area contributed by atoms with Gasteiger partial charge in [-0.2, -0.15) is 0 Å². The molecular weight excluding hydrogens is 268 g/mol. The van der Waals surface area contributed by atoms with Crippen molar-refractivity contribution in [2.24, 2.45) is 0 Å². The predicted octanol–water partition coefficient (Wildman–Crippen LogP) is 4.10. The first-order valence-electron chi connectivity index (χ1n) is 5.56. The summed E-state index contributed by atoms with van der Waals surface area (Å²) < 4.78 is 0. The van der Waals surface area contributed by atoms with Crippen LogP contribution in [0.4, 0.5) is 10.5 Å². The Hall–Kier alpha value is -1.13. The third-order valence-corrected chi connectivity index (χ3v) is 3.61. The van der Waals surface area contributed by atoms with Crippen LogP contribution in [0.5, 0.6) is 0 Å². The van der Waals surface area contributed by atoms with Crippen molar-refractivity contribution < 1.29 is 4.79 Å². The topological polar surface area (TPSA) is 32.3 Å². The lowest BCUT2D eigenvalue weighted by Gasteiger charge is -2.12. The van der Waals surface area contributed by atoms with Crippen LogP contribution in [0.25, 0.3) is 0 Å². The molecule has 0 saturated heterocycles. The second-order valence-corrected chi connectivity index (χ2v) is 5.32. The molecule has 1 rings (SSSR count). The fourth-order valence-electron chi connectivity index (χ4n) is 1.17. The largest absolute Gasteiger partial charge is 0.331 e. The number of nitrogens with one attached hydrogen (secondary N) is 1. The molecule has 1 N–H and O–H groups in total. The van der Waals surface area contributed by atoms with Crippen molar-refractivity contribution in [3.05, 3.63) is 35.4 Å². The lowest BCUT2D eigenvalue weighted by atomic mass is 10.3. The van der Waals surface area contributed by atoms with E-state index in [2.05, 4.69) is 11.4 Å². The summed E-state index contributed by atoms with van der Waals surface area (Å²) in [5.41, 5.74) is 0.703. The minimum Gasteiger partial charge on any atom is -0.331 e. The number of anilines is 1. The summed E-state index contributed by atoms with van der Waals surface area (Å²) in [7, 11) is 3.39. The SMILES string of the molecule is CC=CCSc1ccc(NC(=O)N(C)C)cc1Cl. The van der Waals surface area contributed by atoms with Gasteiger partial charge in [-0.25, -0.2) is 4.79 Å². The molecule has 1 aromatic carbocycles. The summed E-state index contributed by atoms with van der Waals surface area (Å²) in [5, 5.41) is 3.41. The first-order valence-corrected chi connectivity index (χ1v) is 6.92. The van der Waals surface area contributed by atoms with Crippen LogP contribution in [-0.4, -0.2) is 30.8 Å². The molecule has 0 bridgehead atoms. The standard InChI is InChI=1S/C13H17ClN2OS/c1-4-5-8-18-12-7-6-10(9-11(12)14)15-13(17)16(2)3/h4-7,9H,8H2,1-3H3,(H,15,17). The smallest absolute Gasteiger partial charge is 0.321 e. The van der Waals surface area contributed by atoms with Gasteiger partial charge in [-0.1, -0.05) is 23.8 Å². The molecule has 0 aliphatic heterocycles. The van der Waals surface area contributed by atoms with Gasteiger partial charge in [0.05, 0.1) is 5.02 Å². The quantitative estimate of drug-likeness (QED) is 0.667. The first-order chi connectivity index (χ1) is 8.54. The van der Waals surface area contributed by atoms with Gasteiger partial charge in [-0.05, 0) is 25.1 Å². The molecular formula is C13H17ClN2OS. The van der Waals surface area contributed by atoms with Crippen LogP contribution in [0.15, 0.2) is 35.2 Å². The van der Waals surface area contributed by atoms with Crippen LogP contribution < -0.4 is 5.32 Å². The highest BCUT2D eigenvalue weighted by Crippen LogP contribution is 2.29. The number of hydrogen-bond donors (Lipinski definition) is 1. The summed E-state index contributed by atoms with van der Waals surface area (Å²) in [6.45, 7) is 1.99. The second kappa shape index (κ2) is 7.34. The highest BCUT2D eigenvalue weighted by atomic mass is 35.5. The molecule has 0 saturated carbocycles. The highest BCUT2D eigenvalue weighted by Gasteiger charge is 2.06. The molecule has 18 heavy (non-hydrogen) atoms. The zero-order valence-corrected chi connectivity index (χ0v) is 12.3. The molecule has 0 fully saturated rings. The summed E-state index contributed by atoms with van der Waals surface area (Å²) in [6.07, 6.45) is 4.08. The lowest BCUT2D eigenvalue weighted by molar-refractivity contribution is 0.230. The van der Waals surface area contributed by atoms with Crippen LogP contribution in [0.1, 0.15) is 6.92 Å². The Morgan fingerprint density at radius 1 is 1.50 bits per heavy atom. The number of rotatable bonds is 4. The molecule has 5 heteroatoms. The van der Waals surface area contributed by atoms with Crippen molar-refractivity contribution in [3.8, 4) is 0 Å². The Bertz CT molecular complexity index is 447. The van der Waals surface area contributed by atoms with Gasteiger partial charge in [0.1, 0.15) is 0 Å². The average Bonchev–Trinajstić information content (AvgIpc) is 2.32. The van der Waals surface area contributed by atoms with E-state index in [9.17, 15) is 4.79 Å². The number of thioether (sulfide) groups is 1. The molecule has 0 radical (unpaired) electrons. The molecule has 3 nitrogen and oxygen atoms in total. The highest BCUT2D eigenvalue weighted by molar-refractivity contribution is 7.99. The molecule has 0 aliphatic rings. The van der Waals surface area contributed by atoms with Crippen LogP contribution >= 0.6 is 23.4 Å². The number of amides is 2. The second-order valence-electron chi connectivity index (χ2n) is 3.85. The van der Waals surface area contributed by atoms with Crippen molar-refractivity contribution in [2.45, 2.75) is 11.8 Å². The van der Waals surface area contributed by atoms with Crippen LogP contribution in [-0.2, 0) is 0 Å². The summed E-state index contributed by atoms with van der Waals surface area (Å²) >= 11 is 7.83. The Morgan fingerprint density at radius 2 is 2.22 bits per heavy atom. The number of benzene rings is 1. The fourth-order valence-corrected chi connectivity index (χ4v) is 2.34. The Morgan fingerprint density at radius 3 is 2.78 bits per heavy atom. The first kappa shape index (κ1) is 14.9. The van der Waals surface area contributed by atoms with Gasteiger partial charge in [0.25, 0.3) is 0 Å². The van der Waals surface area contributed by atoms with E-state index in [1.807, 2.05) is 25.1 Å². The number of carbonyl (C=O) groups is 1. The third kappa shape index (κ3) is 4.63. The van der Waals surface area contributed by atoms with E-state index in [0.29, 0.717) is 10.7 Å². The maximum absolute atomic E-state index is 11.5. The molecule has 98 valence electrons. The van der Waals surface area contributed by atoms with E-state index in [-0.39, 0.29) is 6.03 Å². The molecule has 0 spiro atoms. The number of allylic oxidation sites excluding steroid dienone is 1. The van der Waals surface area contributed by atoms with Crippen molar-refractivity contribution >= 4 is 35.1 Å². The normalized spacial score (nSPS) is 10.7. The van der Waals surface area contributed by atoms with Gasteiger partial charge in [0.2, 0.25) is 0 Å². The van der Waals surface area contributed by atoms with E-state index < -0.39 is 0 Å². The van der Waals surface area contributed by atoms with Gasteiger partial charge in [0.15, 0.2) is 0 Å². The van der Waals surface area contributed by atoms with Crippen molar-refractivity contribution in [1.29, 1.82) is 0 Å². The number of urea groups is 1. The molecule has 1 aromatic rings. The van der Waals surface area contributed by atoms with Gasteiger partial charge in [0, 0.05) is 30.4 Å². The minimum absolute atomic E-state index is 0.166. The van der Waals surface area contributed by atoms with Gasteiger partial charge < -0.3 is 10.2 Å². The van der Waals surface area contributed by atoms with Crippen molar-refractivity contribution in [2.75, 3.05) is 25.2 Å². The van der Waals surface area contributed by atoms with Crippen LogP contribution in [0.2, 0.25) is 5.02 Å². The molecule has 0 heterocycles. The van der Waals surface area contributed by atoms with E-state index in [1.165, 1.54) is 4.90 Å². The van der Waals surface area contributed by atoms with E-state index in [1.54, 1.807) is 31.9 Å². The summed E-state index contributed by atoms with van der Waals surface area (Å²) in [5.74, 6) is 0.889. The van der Waals surface area contributed by atoms with E-state index in [0.717, 1.165) is 10.6 Å². The van der Waals surface area contributed by atoms with Crippen LogP contribution in [0, 0.1) is 0 Å². The third-order valence-electron chi connectivity index (χ3n) is 2.16. The number of hydrogen-bond acceptors (Lipinski definition) is 2. The predicted molar refractivity (Wildman–Crippen MR) is 79.7 cm³/mol. The van der Waals surface area contributed by atoms with Crippen molar-refractivity contribution in [3.63, 3.8) is 0 Å². The van der Waals surface area contributed by atoms with E-state index in [4.69, 9.17) is 11.6 Å². The van der Waals surface area contributed by atoms with E-state index >= 15 is 0 Å². The maximum Gasteiger partial charge on any atom is 0.321 e.